The van der Waals surface area contributed by atoms with E-state index in [1.54, 1.807) is 0 Å². The lowest BCUT2D eigenvalue weighted by atomic mass is 10.1. The maximum absolute atomic E-state index is 4.12. The van der Waals surface area contributed by atoms with Crippen molar-refractivity contribution in [2.45, 2.75) is 84.0 Å². The van der Waals surface area contributed by atoms with Gasteiger partial charge in [0.25, 0.3) is 0 Å². The van der Waals surface area contributed by atoms with E-state index in [1.807, 2.05) is 0 Å². The molecule has 0 rings (SSSR count). The number of allylic oxidation sites excluding steroid dienone is 3. The van der Waals surface area contributed by atoms with Crippen LogP contribution in [-0.2, 0) is 0 Å². The Hall–Kier alpha value is -0.303. The van der Waals surface area contributed by atoms with Gasteiger partial charge in [0, 0.05) is 0 Å². The van der Waals surface area contributed by atoms with Crippen LogP contribution in [0.4, 0.5) is 0 Å². The van der Waals surface area contributed by atoms with Crippen LogP contribution in [0, 0.1) is 5.92 Å². The number of hydrogen-bond donors (Lipinski definition) is 0. The van der Waals surface area contributed by atoms with Gasteiger partial charge in [0.2, 0.25) is 0 Å². The van der Waals surface area contributed by atoms with E-state index in [2.05, 4.69) is 59.4 Å². The second-order valence-electron chi connectivity index (χ2n) is 6.29. The predicted molar refractivity (Wildman–Crippen MR) is 93.6 cm³/mol. The van der Waals surface area contributed by atoms with Crippen molar-refractivity contribution in [3.8, 4) is 0 Å². The summed E-state index contributed by atoms with van der Waals surface area (Å²) in [5.74, 6) is 0.825. The fourth-order valence-electron chi connectivity index (χ4n) is 3.15. The van der Waals surface area contributed by atoms with Gasteiger partial charge in [-0.2, -0.15) is 0 Å². The van der Waals surface area contributed by atoms with Gasteiger partial charge < -0.3 is 0 Å². The van der Waals surface area contributed by atoms with E-state index in [0.717, 1.165) is 11.5 Å². The minimum atomic E-state index is -1.09. The zero-order valence-electron chi connectivity index (χ0n) is 14.0. The fraction of sp³-hybridized carbons (Fsp3) is 0.778. The Balaban J connectivity index is 4.23. The highest BCUT2D eigenvalue weighted by Gasteiger charge is 2.33. The van der Waals surface area contributed by atoms with Crippen molar-refractivity contribution in [1.82, 2.24) is 0 Å². The molecule has 0 aromatic heterocycles. The molecule has 0 spiro atoms. The van der Waals surface area contributed by atoms with Crippen LogP contribution >= 0.6 is 0 Å². The first-order chi connectivity index (χ1) is 9.06. The van der Waals surface area contributed by atoms with Gasteiger partial charge >= 0.3 is 0 Å². The molecule has 1 heteroatoms. The standard InChI is InChI=1S/C18H36Si/c1-7-18(19(8-2,9-3)10-4)16-14-12-11-13-15-17(5)6/h7,11-12,17-18H,1,8-10,13-16H2,2-6H3/b12-11+. The summed E-state index contributed by atoms with van der Waals surface area (Å²) in [5.41, 5.74) is 0.808. The average Bonchev–Trinajstić information content (AvgIpc) is 2.42. The molecule has 0 saturated carbocycles. The van der Waals surface area contributed by atoms with Crippen molar-refractivity contribution in [1.29, 1.82) is 0 Å². The Labute approximate surface area is 123 Å². The van der Waals surface area contributed by atoms with Gasteiger partial charge in [0.05, 0.1) is 8.07 Å². The van der Waals surface area contributed by atoms with Crippen LogP contribution in [0.5, 0.6) is 0 Å². The zero-order valence-corrected chi connectivity index (χ0v) is 15.0. The number of hydrogen-bond acceptors (Lipinski definition) is 0. The van der Waals surface area contributed by atoms with Crippen molar-refractivity contribution in [3.63, 3.8) is 0 Å². The highest BCUT2D eigenvalue weighted by molar-refractivity contribution is 6.81. The van der Waals surface area contributed by atoms with E-state index in [0.29, 0.717) is 0 Å². The molecule has 1 unspecified atom stereocenters. The summed E-state index contributed by atoms with van der Waals surface area (Å²) in [4.78, 5) is 0. The second-order valence-corrected chi connectivity index (χ2v) is 11.9. The van der Waals surface area contributed by atoms with Crippen LogP contribution in [0.3, 0.4) is 0 Å². The quantitative estimate of drug-likeness (QED) is 0.287. The van der Waals surface area contributed by atoms with Crippen molar-refractivity contribution in [2.24, 2.45) is 5.92 Å². The molecule has 0 nitrogen and oxygen atoms in total. The molecule has 0 aromatic carbocycles. The summed E-state index contributed by atoms with van der Waals surface area (Å²) in [7, 11) is -1.09. The molecule has 0 aliphatic rings. The van der Waals surface area contributed by atoms with E-state index in [1.165, 1.54) is 43.8 Å². The lowest BCUT2D eigenvalue weighted by Crippen LogP contribution is -2.36. The molecule has 19 heavy (non-hydrogen) atoms. The van der Waals surface area contributed by atoms with E-state index in [4.69, 9.17) is 0 Å². The Bertz CT molecular complexity index is 240. The molecule has 0 heterocycles. The Morgan fingerprint density at radius 3 is 1.74 bits per heavy atom. The Kier molecular flexibility index (Phi) is 10.3. The Morgan fingerprint density at radius 2 is 1.37 bits per heavy atom. The first-order valence-corrected chi connectivity index (χ1v) is 11.0. The fourth-order valence-corrected chi connectivity index (χ4v) is 7.50. The Morgan fingerprint density at radius 1 is 0.895 bits per heavy atom. The van der Waals surface area contributed by atoms with Gasteiger partial charge in [-0.05, 0) is 37.1 Å². The van der Waals surface area contributed by atoms with Crippen molar-refractivity contribution >= 4 is 8.07 Å². The highest BCUT2D eigenvalue weighted by atomic mass is 28.3. The molecule has 0 aliphatic heterocycles. The average molecular weight is 281 g/mol. The molecular formula is C18H36Si. The maximum atomic E-state index is 4.12. The molecular weight excluding hydrogens is 244 g/mol. The van der Waals surface area contributed by atoms with Gasteiger partial charge in [-0.15, -0.1) is 6.58 Å². The van der Waals surface area contributed by atoms with Crippen molar-refractivity contribution in [3.05, 3.63) is 24.8 Å². The maximum Gasteiger partial charge on any atom is 0.0596 e. The van der Waals surface area contributed by atoms with E-state index in [9.17, 15) is 0 Å². The third-order valence-electron chi connectivity index (χ3n) is 4.91. The van der Waals surface area contributed by atoms with Crippen LogP contribution < -0.4 is 0 Å². The van der Waals surface area contributed by atoms with E-state index in [-0.39, 0.29) is 0 Å². The summed E-state index contributed by atoms with van der Waals surface area (Å²) in [6.07, 6.45) is 12.2. The second kappa shape index (κ2) is 10.5. The van der Waals surface area contributed by atoms with Crippen molar-refractivity contribution < 1.29 is 0 Å². The lowest BCUT2D eigenvalue weighted by molar-refractivity contribution is 0.593. The summed E-state index contributed by atoms with van der Waals surface area (Å²) in [5, 5.41) is 0. The highest BCUT2D eigenvalue weighted by Crippen LogP contribution is 2.37. The molecule has 0 N–H and O–H groups in total. The van der Waals surface area contributed by atoms with Crippen LogP contribution in [0.15, 0.2) is 24.8 Å². The molecule has 0 amide bonds. The SMILES string of the molecule is C=CC(CC/C=C/CCC(C)C)[Si](CC)(CC)CC. The third-order valence-corrected chi connectivity index (χ3v) is 11.2. The zero-order chi connectivity index (χ0) is 14.7. The van der Waals surface area contributed by atoms with Crippen LogP contribution in [0.2, 0.25) is 23.7 Å². The van der Waals surface area contributed by atoms with Crippen molar-refractivity contribution in [2.75, 3.05) is 0 Å². The topological polar surface area (TPSA) is 0 Å². The molecule has 0 aromatic rings. The van der Waals surface area contributed by atoms with Gasteiger partial charge in [-0.3, -0.25) is 0 Å². The molecule has 112 valence electrons. The summed E-state index contributed by atoms with van der Waals surface area (Å²) < 4.78 is 0. The van der Waals surface area contributed by atoms with Gasteiger partial charge in [0.15, 0.2) is 0 Å². The van der Waals surface area contributed by atoms with Gasteiger partial charge in [-0.1, -0.05) is 71.0 Å². The minimum absolute atomic E-state index is 0.808. The first kappa shape index (κ1) is 18.7. The normalized spacial score (nSPS) is 14.2. The third kappa shape index (κ3) is 6.60. The van der Waals surface area contributed by atoms with Gasteiger partial charge in [-0.25, -0.2) is 0 Å². The molecule has 0 bridgehead atoms. The molecule has 0 aliphatic carbocycles. The molecule has 1 atom stereocenters. The minimum Gasteiger partial charge on any atom is -0.103 e. The molecule has 0 fully saturated rings. The monoisotopic (exact) mass is 280 g/mol. The summed E-state index contributed by atoms with van der Waals surface area (Å²) >= 11 is 0. The first-order valence-electron chi connectivity index (χ1n) is 8.33. The number of rotatable bonds is 11. The van der Waals surface area contributed by atoms with Crippen LogP contribution in [0.1, 0.15) is 60.3 Å². The van der Waals surface area contributed by atoms with E-state index < -0.39 is 8.07 Å². The predicted octanol–water partition coefficient (Wildman–Crippen LogP) is 6.82. The van der Waals surface area contributed by atoms with Gasteiger partial charge in [0.1, 0.15) is 0 Å². The molecule has 0 radical (unpaired) electrons. The smallest absolute Gasteiger partial charge is 0.0596 e. The van der Waals surface area contributed by atoms with E-state index >= 15 is 0 Å². The lowest BCUT2D eigenvalue weighted by Gasteiger charge is -2.35. The van der Waals surface area contributed by atoms with Crippen LogP contribution in [-0.4, -0.2) is 8.07 Å². The van der Waals surface area contributed by atoms with Crippen LogP contribution in [0.25, 0.3) is 0 Å². The summed E-state index contributed by atoms with van der Waals surface area (Å²) in [6.45, 7) is 15.9. The molecule has 0 saturated heterocycles. The largest absolute Gasteiger partial charge is 0.103 e. The summed E-state index contributed by atoms with van der Waals surface area (Å²) in [6, 6.07) is 4.23.